The van der Waals surface area contributed by atoms with Crippen molar-refractivity contribution in [1.82, 2.24) is 0 Å². The summed E-state index contributed by atoms with van der Waals surface area (Å²) in [5.74, 6) is 0.905. The van der Waals surface area contributed by atoms with E-state index in [1.54, 1.807) is 0 Å². The molecule has 21 heavy (non-hydrogen) atoms. The summed E-state index contributed by atoms with van der Waals surface area (Å²) >= 11 is 3.55. The van der Waals surface area contributed by atoms with Gasteiger partial charge in [-0.15, -0.1) is 0 Å². The highest BCUT2D eigenvalue weighted by Crippen LogP contribution is 2.25. The maximum absolute atomic E-state index is 5.93. The van der Waals surface area contributed by atoms with Crippen LogP contribution in [0.1, 0.15) is 28.7 Å². The van der Waals surface area contributed by atoms with Crippen molar-refractivity contribution in [1.29, 1.82) is 0 Å². The zero-order chi connectivity index (χ0) is 14.7. The fourth-order valence-electron chi connectivity index (χ4n) is 2.87. The minimum atomic E-state index is 0.622. The first-order valence-electron chi connectivity index (χ1n) is 7.48. The van der Waals surface area contributed by atoms with Crippen LogP contribution < -0.4 is 10.5 Å². The molecule has 0 atom stereocenters. The van der Waals surface area contributed by atoms with Crippen molar-refractivity contribution in [2.45, 2.75) is 32.3 Å². The van der Waals surface area contributed by atoms with Crippen molar-refractivity contribution in [2.24, 2.45) is 5.73 Å². The van der Waals surface area contributed by atoms with Crippen LogP contribution >= 0.6 is 15.9 Å². The minimum absolute atomic E-state index is 0.622. The summed E-state index contributed by atoms with van der Waals surface area (Å²) in [4.78, 5) is 0. The smallest absolute Gasteiger partial charge is 0.120 e. The summed E-state index contributed by atoms with van der Waals surface area (Å²) < 4.78 is 7.03. The van der Waals surface area contributed by atoms with Gasteiger partial charge in [0.15, 0.2) is 0 Å². The summed E-state index contributed by atoms with van der Waals surface area (Å²) in [5, 5.41) is 0. The highest BCUT2D eigenvalue weighted by molar-refractivity contribution is 9.10. The van der Waals surface area contributed by atoms with Gasteiger partial charge in [0.25, 0.3) is 0 Å². The molecule has 0 saturated carbocycles. The van der Waals surface area contributed by atoms with E-state index in [4.69, 9.17) is 10.5 Å². The second-order valence-electron chi connectivity index (χ2n) is 5.54. The van der Waals surface area contributed by atoms with Gasteiger partial charge in [-0.1, -0.05) is 34.1 Å². The Morgan fingerprint density at radius 1 is 1.05 bits per heavy atom. The lowest BCUT2D eigenvalue weighted by Gasteiger charge is -2.10. The predicted octanol–water partition coefficient (Wildman–Crippen LogP) is 4.02. The van der Waals surface area contributed by atoms with E-state index in [9.17, 15) is 0 Å². The van der Waals surface area contributed by atoms with E-state index in [-0.39, 0.29) is 0 Å². The number of benzene rings is 2. The largest absolute Gasteiger partial charge is 0.489 e. The molecule has 2 N–H and O–H groups in total. The molecule has 0 bridgehead atoms. The van der Waals surface area contributed by atoms with Crippen LogP contribution in [0.5, 0.6) is 5.75 Å². The van der Waals surface area contributed by atoms with Gasteiger partial charge in [-0.05, 0) is 72.7 Å². The van der Waals surface area contributed by atoms with Crippen molar-refractivity contribution < 1.29 is 4.74 Å². The van der Waals surface area contributed by atoms with Gasteiger partial charge >= 0.3 is 0 Å². The zero-order valence-corrected chi connectivity index (χ0v) is 13.7. The summed E-state index contributed by atoms with van der Waals surface area (Å²) in [6.07, 6.45) is 4.58. The number of fused-ring (bicyclic) bond motifs is 1. The van der Waals surface area contributed by atoms with E-state index < -0.39 is 0 Å². The molecule has 0 saturated heterocycles. The van der Waals surface area contributed by atoms with E-state index in [0.29, 0.717) is 13.2 Å². The molecule has 0 spiro atoms. The summed E-state index contributed by atoms with van der Waals surface area (Å²) in [6.45, 7) is 1.27. The van der Waals surface area contributed by atoms with Crippen molar-refractivity contribution in [2.75, 3.05) is 6.54 Å². The molecular weight excluding hydrogens is 326 g/mol. The van der Waals surface area contributed by atoms with Crippen LogP contribution in [0.15, 0.2) is 40.9 Å². The maximum Gasteiger partial charge on any atom is 0.120 e. The lowest BCUT2D eigenvalue weighted by molar-refractivity contribution is 0.306. The molecule has 0 heterocycles. The molecule has 2 aromatic rings. The van der Waals surface area contributed by atoms with Gasteiger partial charge in [-0.3, -0.25) is 0 Å². The number of aryl methyl sites for hydroxylation is 2. The molecule has 0 aliphatic heterocycles. The lowest BCUT2D eigenvalue weighted by Crippen LogP contribution is -2.04. The number of hydrogen-bond acceptors (Lipinski definition) is 2. The Bertz CT molecular complexity index is 639. The normalized spacial score (nSPS) is 13.2. The molecule has 3 heteroatoms. The van der Waals surface area contributed by atoms with Crippen LogP contribution in [0.25, 0.3) is 0 Å². The summed E-state index contributed by atoms with van der Waals surface area (Å²) in [7, 11) is 0. The molecule has 2 aromatic carbocycles. The molecule has 0 fully saturated rings. The molecule has 1 aliphatic carbocycles. The van der Waals surface area contributed by atoms with E-state index in [1.807, 2.05) is 12.1 Å². The van der Waals surface area contributed by atoms with Crippen molar-refractivity contribution in [3.8, 4) is 5.75 Å². The number of nitrogens with two attached hydrogens (primary N) is 1. The van der Waals surface area contributed by atoms with E-state index in [2.05, 4.69) is 40.2 Å². The van der Waals surface area contributed by atoms with Gasteiger partial charge in [0, 0.05) is 4.47 Å². The molecular formula is C18H20BrNO. The monoisotopic (exact) mass is 345 g/mol. The van der Waals surface area contributed by atoms with Gasteiger partial charge in [0.1, 0.15) is 12.4 Å². The first kappa shape index (κ1) is 14.6. The van der Waals surface area contributed by atoms with Crippen molar-refractivity contribution in [3.05, 3.63) is 63.1 Å². The molecule has 0 radical (unpaired) electrons. The maximum atomic E-state index is 5.93. The lowest BCUT2D eigenvalue weighted by atomic mass is 10.1. The van der Waals surface area contributed by atoms with Crippen LogP contribution in [0, 0.1) is 0 Å². The van der Waals surface area contributed by atoms with E-state index in [1.165, 1.54) is 41.5 Å². The molecule has 1 aliphatic rings. The molecule has 110 valence electrons. The van der Waals surface area contributed by atoms with Gasteiger partial charge < -0.3 is 10.5 Å². The molecule has 0 amide bonds. The first-order chi connectivity index (χ1) is 10.3. The molecule has 0 aromatic heterocycles. The van der Waals surface area contributed by atoms with Gasteiger partial charge in [0.05, 0.1) is 0 Å². The second-order valence-corrected chi connectivity index (χ2v) is 6.39. The third-order valence-corrected chi connectivity index (χ3v) is 4.77. The molecule has 2 nitrogen and oxygen atoms in total. The Morgan fingerprint density at radius 3 is 2.76 bits per heavy atom. The number of hydrogen-bond donors (Lipinski definition) is 1. The average Bonchev–Trinajstić information content (AvgIpc) is 2.96. The zero-order valence-electron chi connectivity index (χ0n) is 12.1. The predicted molar refractivity (Wildman–Crippen MR) is 89.7 cm³/mol. The number of rotatable bonds is 5. The van der Waals surface area contributed by atoms with Crippen molar-refractivity contribution >= 4 is 15.9 Å². The first-order valence-corrected chi connectivity index (χ1v) is 8.27. The highest BCUT2D eigenvalue weighted by atomic mass is 79.9. The van der Waals surface area contributed by atoms with Crippen LogP contribution in [-0.2, 0) is 25.9 Å². The highest BCUT2D eigenvalue weighted by Gasteiger charge is 2.11. The summed E-state index contributed by atoms with van der Waals surface area (Å²) in [6, 6.07) is 12.8. The van der Waals surface area contributed by atoms with E-state index >= 15 is 0 Å². The Morgan fingerprint density at radius 2 is 1.90 bits per heavy atom. The van der Waals surface area contributed by atoms with Gasteiger partial charge in [-0.25, -0.2) is 0 Å². The Kier molecular flexibility index (Phi) is 4.61. The van der Waals surface area contributed by atoms with Crippen LogP contribution in [-0.4, -0.2) is 6.54 Å². The fraction of sp³-hybridized carbons (Fsp3) is 0.333. The molecule has 3 rings (SSSR count). The van der Waals surface area contributed by atoms with Gasteiger partial charge in [0.2, 0.25) is 0 Å². The van der Waals surface area contributed by atoms with Crippen LogP contribution in [0.2, 0.25) is 0 Å². The van der Waals surface area contributed by atoms with Gasteiger partial charge in [-0.2, -0.15) is 0 Å². The number of ether oxygens (including phenoxy) is 1. The summed E-state index contributed by atoms with van der Waals surface area (Å²) in [5.41, 5.74) is 11.1. The van der Waals surface area contributed by atoms with Crippen LogP contribution in [0.4, 0.5) is 0 Å². The van der Waals surface area contributed by atoms with Crippen molar-refractivity contribution in [3.63, 3.8) is 0 Å². The average molecular weight is 346 g/mol. The Labute approximate surface area is 134 Å². The Balaban J connectivity index is 1.68. The Hall–Kier alpha value is -1.32. The third kappa shape index (κ3) is 3.47. The standard InChI is InChI=1S/C18H20BrNO/c19-18-7-6-17(11-16(18)8-9-20)21-12-13-4-5-14-2-1-3-15(14)10-13/h4-7,10-11H,1-3,8-9,12,20H2. The quantitative estimate of drug-likeness (QED) is 0.888. The topological polar surface area (TPSA) is 35.2 Å². The molecule has 0 unspecified atom stereocenters. The van der Waals surface area contributed by atoms with E-state index in [0.717, 1.165) is 16.6 Å². The third-order valence-electron chi connectivity index (χ3n) is 4.00. The minimum Gasteiger partial charge on any atom is -0.489 e. The van der Waals surface area contributed by atoms with Crippen LogP contribution in [0.3, 0.4) is 0 Å². The second kappa shape index (κ2) is 6.63. The SMILES string of the molecule is NCCc1cc(OCc2ccc3c(c2)CCC3)ccc1Br. The fourth-order valence-corrected chi connectivity index (χ4v) is 3.31. The number of halogens is 1.